The fraction of sp³-hybridized carbons (Fsp3) is 0.250. The van der Waals surface area contributed by atoms with Gasteiger partial charge in [0.25, 0.3) is 0 Å². The Kier molecular flexibility index (Phi) is 3.37. The molecule has 0 radical (unpaired) electrons. The molecule has 0 fully saturated rings. The molecule has 0 atom stereocenters. The van der Waals surface area contributed by atoms with Crippen LogP contribution >= 0.6 is 0 Å². The first-order valence-corrected chi connectivity index (χ1v) is 5.31. The van der Waals surface area contributed by atoms with Crippen molar-refractivity contribution >= 4 is 17.0 Å². The van der Waals surface area contributed by atoms with Crippen LogP contribution in [-0.2, 0) is 0 Å². The molecule has 0 spiro atoms. The van der Waals surface area contributed by atoms with Gasteiger partial charge in [0.1, 0.15) is 0 Å². The summed E-state index contributed by atoms with van der Waals surface area (Å²) < 4.78 is 15.2. The lowest BCUT2D eigenvalue weighted by molar-refractivity contribution is 0.0686. The molecule has 1 aromatic heterocycles. The van der Waals surface area contributed by atoms with Crippen LogP contribution in [0.2, 0.25) is 0 Å². The van der Waals surface area contributed by atoms with Crippen LogP contribution in [0.1, 0.15) is 10.5 Å². The standard InChI is InChI=1S/C12H12N2O5/c1-17-8-4-6-7(5-9(8)18-2)14-11(19-3)10(13-6)12(15)16/h4-5H,1-3H3,(H,15,16). The SMILES string of the molecule is COc1cc2nc(OC)c(C(=O)O)nc2cc1OC. The maximum atomic E-state index is 11.1. The Morgan fingerprint density at radius 3 is 1.95 bits per heavy atom. The summed E-state index contributed by atoms with van der Waals surface area (Å²) >= 11 is 0. The van der Waals surface area contributed by atoms with Crippen LogP contribution in [0.25, 0.3) is 11.0 Å². The van der Waals surface area contributed by atoms with Crippen LogP contribution in [0.3, 0.4) is 0 Å². The van der Waals surface area contributed by atoms with Crippen molar-refractivity contribution < 1.29 is 24.1 Å². The van der Waals surface area contributed by atoms with Gasteiger partial charge in [0.05, 0.1) is 32.4 Å². The van der Waals surface area contributed by atoms with E-state index in [9.17, 15) is 4.79 Å². The summed E-state index contributed by atoms with van der Waals surface area (Å²) in [6.45, 7) is 0. The van der Waals surface area contributed by atoms with Crippen LogP contribution in [0, 0.1) is 0 Å². The Bertz CT molecular complexity index is 642. The average Bonchev–Trinajstić information content (AvgIpc) is 2.43. The van der Waals surface area contributed by atoms with Gasteiger partial charge in [-0.15, -0.1) is 0 Å². The van der Waals surface area contributed by atoms with E-state index in [-0.39, 0.29) is 11.6 Å². The number of hydrogen-bond donors (Lipinski definition) is 1. The monoisotopic (exact) mass is 264 g/mol. The molecule has 0 saturated heterocycles. The van der Waals surface area contributed by atoms with Crippen molar-refractivity contribution in [2.24, 2.45) is 0 Å². The Labute approximate surface area is 108 Å². The lowest BCUT2D eigenvalue weighted by atomic mass is 10.2. The molecule has 0 aliphatic heterocycles. The number of rotatable bonds is 4. The molecule has 0 aliphatic rings. The highest BCUT2D eigenvalue weighted by Crippen LogP contribution is 2.31. The quantitative estimate of drug-likeness (QED) is 0.891. The van der Waals surface area contributed by atoms with Gasteiger partial charge in [-0.1, -0.05) is 0 Å². The highest BCUT2D eigenvalue weighted by Gasteiger charge is 2.17. The summed E-state index contributed by atoms with van der Waals surface area (Å²) in [6.07, 6.45) is 0. The second-order valence-corrected chi connectivity index (χ2v) is 3.58. The topological polar surface area (TPSA) is 90.8 Å². The Hall–Kier alpha value is -2.57. The molecule has 0 bridgehead atoms. The molecular weight excluding hydrogens is 252 g/mol. The van der Waals surface area contributed by atoms with Crippen molar-refractivity contribution in [3.63, 3.8) is 0 Å². The van der Waals surface area contributed by atoms with E-state index >= 15 is 0 Å². The van der Waals surface area contributed by atoms with E-state index in [1.54, 1.807) is 12.1 Å². The number of aromatic carboxylic acids is 1. The number of carboxylic acids is 1. The highest BCUT2D eigenvalue weighted by atomic mass is 16.5. The third-order valence-electron chi connectivity index (χ3n) is 2.53. The first kappa shape index (κ1) is 12.9. The van der Waals surface area contributed by atoms with Gasteiger partial charge in [-0.3, -0.25) is 0 Å². The first-order chi connectivity index (χ1) is 9.10. The first-order valence-electron chi connectivity index (χ1n) is 5.31. The van der Waals surface area contributed by atoms with E-state index in [1.165, 1.54) is 21.3 Å². The smallest absolute Gasteiger partial charge is 0.360 e. The predicted molar refractivity (Wildman–Crippen MR) is 66.2 cm³/mol. The molecule has 0 amide bonds. The molecule has 1 heterocycles. The summed E-state index contributed by atoms with van der Waals surface area (Å²) in [5.74, 6) is -0.325. The number of carbonyl (C=O) groups is 1. The number of fused-ring (bicyclic) bond motifs is 1. The van der Waals surface area contributed by atoms with Gasteiger partial charge in [0.2, 0.25) is 11.6 Å². The zero-order valence-electron chi connectivity index (χ0n) is 10.6. The van der Waals surface area contributed by atoms with Crippen molar-refractivity contribution in [3.05, 3.63) is 17.8 Å². The second-order valence-electron chi connectivity index (χ2n) is 3.58. The molecule has 7 heteroatoms. The molecule has 1 aromatic carbocycles. The zero-order chi connectivity index (χ0) is 14.0. The van der Waals surface area contributed by atoms with Gasteiger partial charge in [0.15, 0.2) is 11.5 Å². The summed E-state index contributed by atoms with van der Waals surface area (Å²) in [7, 11) is 4.32. The van der Waals surface area contributed by atoms with Gasteiger partial charge >= 0.3 is 5.97 Å². The third kappa shape index (κ3) is 2.22. The molecule has 0 unspecified atom stereocenters. The fourth-order valence-corrected chi connectivity index (χ4v) is 1.65. The number of ether oxygens (including phenoxy) is 3. The minimum absolute atomic E-state index is 0.0489. The number of nitrogens with zero attached hydrogens (tertiary/aromatic N) is 2. The van der Waals surface area contributed by atoms with E-state index in [0.717, 1.165) is 0 Å². The van der Waals surface area contributed by atoms with E-state index in [0.29, 0.717) is 22.5 Å². The van der Waals surface area contributed by atoms with Crippen molar-refractivity contribution in [1.29, 1.82) is 0 Å². The van der Waals surface area contributed by atoms with Gasteiger partial charge in [-0.05, 0) is 0 Å². The number of carboxylic acid groups (broad SMARTS) is 1. The van der Waals surface area contributed by atoms with E-state index in [1.807, 2.05) is 0 Å². The lowest BCUT2D eigenvalue weighted by Gasteiger charge is -2.10. The van der Waals surface area contributed by atoms with Crippen LogP contribution in [0.4, 0.5) is 0 Å². The van der Waals surface area contributed by atoms with Gasteiger partial charge in [-0.2, -0.15) is 0 Å². The van der Waals surface area contributed by atoms with Crippen molar-refractivity contribution in [1.82, 2.24) is 9.97 Å². The summed E-state index contributed by atoms with van der Waals surface area (Å²) in [4.78, 5) is 19.2. The number of benzene rings is 1. The van der Waals surface area contributed by atoms with E-state index in [2.05, 4.69) is 9.97 Å². The van der Waals surface area contributed by atoms with E-state index < -0.39 is 5.97 Å². The minimum atomic E-state index is -1.21. The number of methoxy groups -OCH3 is 3. The molecule has 2 rings (SSSR count). The highest BCUT2D eigenvalue weighted by molar-refractivity contribution is 5.91. The fourth-order valence-electron chi connectivity index (χ4n) is 1.65. The minimum Gasteiger partial charge on any atom is -0.493 e. The largest absolute Gasteiger partial charge is 0.493 e. The van der Waals surface area contributed by atoms with Gasteiger partial charge < -0.3 is 19.3 Å². The summed E-state index contributed by atoms with van der Waals surface area (Å²) in [5, 5.41) is 9.05. The Morgan fingerprint density at radius 2 is 1.53 bits per heavy atom. The molecular formula is C12H12N2O5. The van der Waals surface area contributed by atoms with Crippen molar-refractivity contribution in [3.8, 4) is 17.4 Å². The maximum Gasteiger partial charge on any atom is 0.360 e. The van der Waals surface area contributed by atoms with E-state index in [4.69, 9.17) is 19.3 Å². The molecule has 0 aliphatic carbocycles. The van der Waals surface area contributed by atoms with Crippen LogP contribution in [0.5, 0.6) is 17.4 Å². The average molecular weight is 264 g/mol. The lowest BCUT2D eigenvalue weighted by Crippen LogP contribution is -2.06. The van der Waals surface area contributed by atoms with Crippen LogP contribution in [0.15, 0.2) is 12.1 Å². The number of hydrogen-bond acceptors (Lipinski definition) is 6. The molecule has 7 nitrogen and oxygen atoms in total. The molecule has 0 saturated carbocycles. The summed E-state index contributed by atoms with van der Waals surface area (Å²) in [6, 6.07) is 3.17. The second kappa shape index (κ2) is 4.97. The van der Waals surface area contributed by atoms with Crippen LogP contribution < -0.4 is 14.2 Å². The molecule has 19 heavy (non-hydrogen) atoms. The maximum absolute atomic E-state index is 11.1. The molecule has 1 N–H and O–H groups in total. The van der Waals surface area contributed by atoms with Gasteiger partial charge in [0, 0.05) is 12.1 Å². The third-order valence-corrected chi connectivity index (χ3v) is 2.53. The Morgan fingerprint density at radius 1 is 1.00 bits per heavy atom. The summed E-state index contributed by atoms with van der Waals surface area (Å²) in [5.41, 5.74) is 0.595. The Balaban J connectivity index is 2.74. The van der Waals surface area contributed by atoms with Crippen molar-refractivity contribution in [2.75, 3.05) is 21.3 Å². The predicted octanol–water partition coefficient (Wildman–Crippen LogP) is 1.35. The normalized spacial score (nSPS) is 10.3. The van der Waals surface area contributed by atoms with Gasteiger partial charge in [-0.25, -0.2) is 14.8 Å². The van der Waals surface area contributed by atoms with Crippen LogP contribution in [-0.4, -0.2) is 42.4 Å². The van der Waals surface area contributed by atoms with Crippen molar-refractivity contribution in [2.45, 2.75) is 0 Å². The number of aromatic nitrogens is 2. The zero-order valence-corrected chi connectivity index (χ0v) is 10.6. The molecule has 2 aromatic rings. The molecule has 100 valence electrons.